The second-order valence-corrected chi connectivity index (χ2v) is 4.01. The number of nitrogens with zero attached hydrogens (tertiary/aromatic N) is 1. The fourth-order valence-corrected chi connectivity index (χ4v) is 1.65. The Morgan fingerprint density at radius 1 is 1.20 bits per heavy atom. The van der Waals surface area contributed by atoms with Gasteiger partial charge in [0, 0.05) is 11.6 Å². The molecule has 2 rings (SSSR count). The number of nitrogens with two attached hydrogens (primary N) is 1. The molecule has 0 spiro atoms. The van der Waals surface area contributed by atoms with Crippen LogP contribution in [0.1, 0.15) is 11.1 Å². The van der Waals surface area contributed by atoms with Crippen molar-refractivity contribution in [3.8, 4) is 5.75 Å². The van der Waals surface area contributed by atoms with Crippen LogP contribution in [-0.2, 0) is 6.61 Å². The number of rotatable bonds is 4. The van der Waals surface area contributed by atoms with Crippen LogP contribution in [0.25, 0.3) is 0 Å². The summed E-state index contributed by atoms with van der Waals surface area (Å²) >= 11 is 0. The molecule has 0 saturated heterocycles. The van der Waals surface area contributed by atoms with Crippen LogP contribution in [-0.4, -0.2) is 11.0 Å². The van der Waals surface area contributed by atoms with E-state index < -0.39 is 11.6 Å². The zero-order chi connectivity index (χ0) is 14.5. The number of oxime groups is 1. The van der Waals surface area contributed by atoms with Crippen LogP contribution in [0, 0.1) is 11.6 Å². The van der Waals surface area contributed by atoms with E-state index in [0.29, 0.717) is 11.3 Å². The molecule has 2 aromatic carbocycles. The Morgan fingerprint density at radius 3 is 2.65 bits per heavy atom. The maximum atomic E-state index is 13.5. The number of para-hydroxylation sites is 1. The van der Waals surface area contributed by atoms with Gasteiger partial charge in [0.2, 0.25) is 0 Å². The predicted molar refractivity (Wildman–Crippen MR) is 69.6 cm³/mol. The maximum Gasteiger partial charge on any atom is 0.173 e. The van der Waals surface area contributed by atoms with Gasteiger partial charge in [-0.05, 0) is 24.3 Å². The summed E-state index contributed by atoms with van der Waals surface area (Å²) in [7, 11) is 0. The zero-order valence-corrected chi connectivity index (χ0v) is 10.4. The van der Waals surface area contributed by atoms with Gasteiger partial charge in [-0.25, -0.2) is 8.78 Å². The Morgan fingerprint density at radius 2 is 1.95 bits per heavy atom. The minimum Gasteiger partial charge on any atom is -0.488 e. The van der Waals surface area contributed by atoms with Crippen LogP contribution in [0.5, 0.6) is 5.75 Å². The minimum absolute atomic E-state index is 0.0954. The van der Waals surface area contributed by atoms with Crippen molar-refractivity contribution in [3.05, 3.63) is 65.2 Å². The van der Waals surface area contributed by atoms with Crippen LogP contribution in [0.15, 0.2) is 47.6 Å². The van der Waals surface area contributed by atoms with E-state index in [1.54, 1.807) is 24.3 Å². The topological polar surface area (TPSA) is 67.8 Å². The lowest BCUT2D eigenvalue weighted by Gasteiger charge is -2.11. The van der Waals surface area contributed by atoms with Crippen molar-refractivity contribution in [1.82, 2.24) is 0 Å². The van der Waals surface area contributed by atoms with Crippen LogP contribution in [0.3, 0.4) is 0 Å². The van der Waals surface area contributed by atoms with E-state index >= 15 is 0 Å². The molecule has 0 aliphatic rings. The summed E-state index contributed by atoms with van der Waals surface area (Å²) in [4.78, 5) is 0. The molecule has 0 fully saturated rings. The molecule has 0 aliphatic heterocycles. The molecule has 0 amide bonds. The highest BCUT2D eigenvalue weighted by molar-refractivity contribution is 5.99. The number of ether oxygens (including phenoxy) is 1. The first-order valence-electron chi connectivity index (χ1n) is 5.75. The van der Waals surface area contributed by atoms with E-state index in [0.717, 1.165) is 12.1 Å². The lowest BCUT2D eigenvalue weighted by Crippen LogP contribution is -2.14. The molecule has 0 radical (unpaired) electrons. The summed E-state index contributed by atoms with van der Waals surface area (Å²) in [6, 6.07) is 9.84. The molecule has 0 atom stereocenters. The summed E-state index contributed by atoms with van der Waals surface area (Å²) in [6.07, 6.45) is 0. The molecule has 0 bridgehead atoms. The predicted octanol–water partition coefficient (Wildman–Crippen LogP) is 2.64. The van der Waals surface area contributed by atoms with E-state index in [4.69, 9.17) is 15.7 Å². The quantitative estimate of drug-likeness (QED) is 0.391. The Labute approximate surface area is 114 Å². The fraction of sp³-hybridized carbons (Fsp3) is 0.0714. The molecule has 20 heavy (non-hydrogen) atoms. The van der Waals surface area contributed by atoms with Crippen molar-refractivity contribution in [1.29, 1.82) is 0 Å². The summed E-state index contributed by atoms with van der Waals surface area (Å²) in [5.41, 5.74) is 6.11. The van der Waals surface area contributed by atoms with Gasteiger partial charge in [-0.1, -0.05) is 17.3 Å². The van der Waals surface area contributed by atoms with Gasteiger partial charge >= 0.3 is 0 Å². The molecule has 104 valence electrons. The van der Waals surface area contributed by atoms with E-state index in [1.165, 1.54) is 6.07 Å². The van der Waals surface area contributed by atoms with Gasteiger partial charge in [-0.2, -0.15) is 0 Å². The molecule has 2 aromatic rings. The number of benzene rings is 2. The highest BCUT2D eigenvalue weighted by atomic mass is 19.1. The monoisotopic (exact) mass is 278 g/mol. The average molecular weight is 278 g/mol. The van der Waals surface area contributed by atoms with Gasteiger partial charge in [0.1, 0.15) is 24.0 Å². The molecule has 0 heterocycles. The van der Waals surface area contributed by atoms with Crippen LogP contribution in [0.4, 0.5) is 8.78 Å². The van der Waals surface area contributed by atoms with Crippen LogP contribution in [0.2, 0.25) is 0 Å². The zero-order valence-electron chi connectivity index (χ0n) is 10.4. The molecule has 0 unspecified atom stereocenters. The average Bonchev–Trinajstić information content (AvgIpc) is 2.46. The lowest BCUT2D eigenvalue weighted by molar-refractivity contribution is 0.297. The third-order valence-electron chi connectivity index (χ3n) is 2.67. The number of halogens is 2. The number of amidine groups is 1. The lowest BCUT2D eigenvalue weighted by atomic mass is 10.2. The summed E-state index contributed by atoms with van der Waals surface area (Å²) in [6.45, 7) is -0.0954. The SMILES string of the molecule is NC(=NO)c1ccccc1OCc1ccc(F)cc1F. The molecule has 0 aromatic heterocycles. The number of hydrogen-bond acceptors (Lipinski definition) is 3. The third kappa shape index (κ3) is 3.03. The van der Waals surface area contributed by atoms with E-state index in [2.05, 4.69) is 5.16 Å². The first kappa shape index (κ1) is 13.8. The normalized spacial score (nSPS) is 11.4. The Balaban J connectivity index is 2.19. The van der Waals surface area contributed by atoms with Gasteiger partial charge in [-0.3, -0.25) is 0 Å². The highest BCUT2D eigenvalue weighted by Gasteiger charge is 2.09. The molecular formula is C14H12F2N2O2. The van der Waals surface area contributed by atoms with Crippen molar-refractivity contribution in [2.24, 2.45) is 10.9 Å². The van der Waals surface area contributed by atoms with Crippen LogP contribution < -0.4 is 10.5 Å². The van der Waals surface area contributed by atoms with Gasteiger partial charge < -0.3 is 15.7 Å². The Hall–Kier alpha value is -2.63. The second-order valence-electron chi connectivity index (χ2n) is 4.01. The van der Waals surface area contributed by atoms with Gasteiger partial charge in [-0.15, -0.1) is 0 Å². The first-order chi connectivity index (χ1) is 9.61. The van der Waals surface area contributed by atoms with Crippen molar-refractivity contribution in [3.63, 3.8) is 0 Å². The second kappa shape index (κ2) is 6.01. The molecule has 6 heteroatoms. The first-order valence-corrected chi connectivity index (χ1v) is 5.75. The summed E-state index contributed by atoms with van der Waals surface area (Å²) in [5.74, 6) is -1.11. The van der Waals surface area contributed by atoms with Crippen molar-refractivity contribution < 1.29 is 18.7 Å². The molecule has 4 nitrogen and oxygen atoms in total. The summed E-state index contributed by atoms with van der Waals surface area (Å²) in [5, 5.41) is 11.6. The smallest absolute Gasteiger partial charge is 0.173 e. The van der Waals surface area contributed by atoms with E-state index in [1.807, 2.05) is 0 Å². The number of hydrogen-bond donors (Lipinski definition) is 2. The van der Waals surface area contributed by atoms with Crippen molar-refractivity contribution in [2.75, 3.05) is 0 Å². The molecule has 0 saturated carbocycles. The molecule has 3 N–H and O–H groups in total. The minimum atomic E-state index is -0.689. The molecule has 0 aliphatic carbocycles. The summed E-state index contributed by atoms with van der Waals surface area (Å²) < 4.78 is 31.7. The van der Waals surface area contributed by atoms with Gasteiger partial charge in [0.25, 0.3) is 0 Å². The fourth-order valence-electron chi connectivity index (χ4n) is 1.65. The van der Waals surface area contributed by atoms with Crippen molar-refractivity contribution >= 4 is 5.84 Å². The van der Waals surface area contributed by atoms with E-state index in [9.17, 15) is 8.78 Å². The Bertz CT molecular complexity index is 645. The molecular weight excluding hydrogens is 266 g/mol. The third-order valence-corrected chi connectivity index (χ3v) is 2.67. The van der Waals surface area contributed by atoms with Crippen molar-refractivity contribution in [2.45, 2.75) is 6.61 Å². The standard InChI is InChI=1S/C14H12F2N2O2/c15-10-6-5-9(12(16)7-10)8-20-13-4-2-1-3-11(13)14(17)18-19/h1-7,19H,8H2,(H2,17,18). The maximum absolute atomic E-state index is 13.5. The highest BCUT2D eigenvalue weighted by Crippen LogP contribution is 2.20. The van der Waals surface area contributed by atoms with Crippen LogP contribution >= 0.6 is 0 Å². The van der Waals surface area contributed by atoms with Gasteiger partial charge in [0.05, 0.1) is 5.56 Å². The van der Waals surface area contributed by atoms with E-state index in [-0.39, 0.29) is 18.0 Å². The largest absolute Gasteiger partial charge is 0.488 e. The van der Waals surface area contributed by atoms with Gasteiger partial charge in [0.15, 0.2) is 5.84 Å². The Kier molecular flexibility index (Phi) is 4.14.